The molecule has 0 spiro atoms. The van der Waals surface area contributed by atoms with E-state index in [1.807, 2.05) is 0 Å². The van der Waals surface area contributed by atoms with Crippen molar-refractivity contribution in [1.82, 2.24) is 0 Å². The molecule has 0 aromatic heterocycles. The molecule has 0 aliphatic heterocycles. The quantitative estimate of drug-likeness (QED) is 0.664. The third-order valence-electron chi connectivity index (χ3n) is 2.92. The summed E-state index contributed by atoms with van der Waals surface area (Å²) in [6.45, 7) is 3.29. The van der Waals surface area contributed by atoms with Crippen molar-refractivity contribution in [3.8, 4) is 5.75 Å². The van der Waals surface area contributed by atoms with Gasteiger partial charge < -0.3 is 21.1 Å². The fourth-order valence-electron chi connectivity index (χ4n) is 1.50. The second-order valence-electron chi connectivity index (χ2n) is 4.83. The Hall–Kier alpha value is -0.820. The summed E-state index contributed by atoms with van der Waals surface area (Å²) in [6, 6.07) is 1.95. The molecule has 5 nitrogen and oxygen atoms in total. The van der Waals surface area contributed by atoms with Crippen LogP contribution < -0.4 is 5.73 Å². The summed E-state index contributed by atoms with van der Waals surface area (Å²) in [6.07, 6.45) is 0. The number of benzene rings is 1. The molecule has 7 heteroatoms. The Bertz CT molecular complexity index is 479. The third-order valence-corrected chi connectivity index (χ3v) is 3.53. The first-order valence-corrected chi connectivity index (χ1v) is 6.12. The second kappa shape index (κ2) is 6.56. The third kappa shape index (κ3) is 3.82. The van der Waals surface area contributed by atoms with E-state index in [4.69, 9.17) is 10.8 Å². The number of hydrogen-bond acceptors (Lipinski definition) is 4. The minimum absolute atomic E-state index is 0. The van der Waals surface area contributed by atoms with Crippen LogP contribution in [0.4, 0.5) is 0 Å². The van der Waals surface area contributed by atoms with Gasteiger partial charge in [0.15, 0.2) is 0 Å². The minimum Gasteiger partial charge on any atom is -0.506 e. The SMILES string of the molecule is CC(C)(CO)[C@H](N)c1cc(C(=O)O)cc(Br)c1O.Cl. The molecule has 0 bridgehead atoms. The number of phenolic OH excluding ortho intramolecular Hbond substituents is 1. The molecule has 0 heterocycles. The largest absolute Gasteiger partial charge is 0.506 e. The van der Waals surface area contributed by atoms with Gasteiger partial charge in [-0.3, -0.25) is 0 Å². The van der Waals surface area contributed by atoms with Crippen molar-refractivity contribution < 1.29 is 20.1 Å². The topological polar surface area (TPSA) is 104 Å². The van der Waals surface area contributed by atoms with Crippen LogP contribution in [0.1, 0.15) is 35.8 Å². The highest BCUT2D eigenvalue weighted by Gasteiger charge is 2.30. The summed E-state index contributed by atoms with van der Waals surface area (Å²) in [5.74, 6) is -1.21. The zero-order valence-corrected chi connectivity index (χ0v) is 13.0. The highest BCUT2D eigenvalue weighted by atomic mass is 79.9. The molecule has 1 aromatic carbocycles. The van der Waals surface area contributed by atoms with Gasteiger partial charge in [0.1, 0.15) is 5.75 Å². The summed E-state index contributed by atoms with van der Waals surface area (Å²) in [5, 5.41) is 28.2. The van der Waals surface area contributed by atoms with E-state index in [0.717, 1.165) is 0 Å². The molecular weight excluding hydrogens is 337 g/mol. The molecule has 0 unspecified atom stereocenters. The predicted octanol–water partition coefficient (Wildman–Crippen LogP) is 2.29. The molecule has 0 saturated carbocycles. The summed E-state index contributed by atoms with van der Waals surface area (Å²) in [7, 11) is 0. The lowest BCUT2D eigenvalue weighted by Crippen LogP contribution is -2.32. The summed E-state index contributed by atoms with van der Waals surface area (Å²) in [5.41, 5.74) is 5.63. The van der Waals surface area contributed by atoms with Crippen LogP contribution in [0.5, 0.6) is 5.75 Å². The number of carbonyl (C=O) groups is 1. The number of aliphatic hydroxyl groups is 1. The van der Waals surface area contributed by atoms with Crippen molar-refractivity contribution in [2.24, 2.45) is 11.1 Å². The highest BCUT2D eigenvalue weighted by molar-refractivity contribution is 9.10. The monoisotopic (exact) mass is 353 g/mol. The number of carboxylic acids is 1. The molecule has 0 fully saturated rings. The Kier molecular flexibility index (Phi) is 6.28. The van der Waals surface area contributed by atoms with Gasteiger partial charge in [-0.1, -0.05) is 13.8 Å². The highest BCUT2D eigenvalue weighted by Crippen LogP contribution is 2.39. The predicted molar refractivity (Wildman–Crippen MR) is 77.8 cm³/mol. The minimum atomic E-state index is -1.11. The number of aliphatic hydroxyl groups excluding tert-OH is 1. The number of nitrogens with two attached hydrogens (primary N) is 1. The van der Waals surface area contributed by atoms with Crippen LogP contribution in [0.2, 0.25) is 0 Å². The molecule has 108 valence electrons. The normalized spacial score (nSPS) is 12.7. The van der Waals surface area contributed by atoms with Crippen LogP contribution in [-0.4, -0.2) is 27.9 Å². The van der Waals surface area contributed by atoms with Gasteiger partial charge in [0.25, 0.3) is 0 Å². The number of rotatable bonds is 4. The van der Waals surface area contributed by atoms with Gasteiger partial charge in [0.05, 0.1) is 10.0 Å². The maximum Gasteiger partial charge on any atom is 0.335 e. The lowest BCUT2D eigenvalue weighted by molar-refractivity contribution is 0.0696. The van der Waals surface area contributed by atoms with Crippen molar-refractivity contribution in [3.63, 3.8) is 0 Å². The van der Waals surface area contributed by atoms with Gasteiger partial charge in [-0.25, -0.2) is 4.79 Å². The first-order chi connectivity index (χ1) is 8.20. The number of aromatic carboxylic acids is 1. The van der Waals surface area contributed by atoms with Crippen molar-refractivity contribution in [1.29, 1.82) is 0 Å². The number of phenols is 1. The molecule has 1 aromatic rings. The standard InChI is InChI=1S/C12H16BrNO4.ClH/c1-12(2,5-15)10(14)7-3-6(11(17)18)4-8(13)9(7)16;/h3-4,10,15-16H,5,14H2,1-2H3,(H,17,18);1H/t10-;/m1./s1. The van der Waals surface area contributed by atoms with Crippen molar-refractivity contribution in [3.05, 3.63) is 27.7 Å². The van der Waals surface area contributed by atoms with Crippen LogP contribution in [0.25, 0.3) is 0 Å². The zero-order chi connectivity index (χ0) is 14.1. The van der Waals surface area contributed by atoms with Gasteiger partial charge in [-0.05, 0) is 28.1 Å². The number of aromatic hydroxyl groups is 1. The lowest BCUT2D eigenvalue weighted by atomic mass is 9.81. The molecule has 0 aliphatic rings. The summed E-state index contributed by atoms with van der Waals surface area (Å²) < 4.78 is 0.265. The van der Waals surface area contributed by atoms with Crippen molar-refractivity contribution >= 4 is 34.3 Å². The Labute approximate surface area is 126 Å². The van der Waals surface area contributed by atoms with E-state index in [1.54, 1.807) is 13.8 Å². The fraction of sp³-hybridized carbons (Fsp3) is 0.417. The number of halogens is 2. The molecule has 0 saturated heterocycles. The summed E-state index contributed by atoms with van der Waals surface area (Å²) >= 11 is 3.09. The zero-order valence-electron chi connectivity index (χ0n) is 10.6. The van der Waals surface area contributed by atoms with Crippen molar-refractivity contribution in [2.45, 2.75) is 19.9 Å². The van der Waals surface area contributed by atoms with E-state index in [2.05, 4.69) is 15.9 Å². The van der Waals surface area contributed by atoms with Gasteiger partial charge in [0, 0.05) is 23.6 Å². The second-order valence-corrected chi connectivity index (χ2v) is 5.68. The average molecular weight is 355 g/mol. The van der Waals surface area contributed by atoms with Crippen LogP contribution in [-0.2, 0) is 0 Å². The molecule has 0 radical (unpaired) electrons. The number of hydrogen-bond donors (Lipinski definition) is 4. The first kappa shape index (κ1) is 18.2. The van der Waals surface area contributed by atoms with E-state index in [9.17, 15) is 15.0 Å². The fourth-order valence-corrected chi connectivity index (χ4v) is 1.98. The van der Waals surface area contributed by atoms with Crippen molar-refractivity contribution in [2.75, 3.05) is 6.61 Å². The molecular formula is C12H17BrClNO4. The maximum absolute atomic E-state index is 11.0. The van der Waals surface area contributed by atoms with E-state index in [0.29, 0.717) is 5.56 Å². The molecule has 0 amide bonds. The molecule has 19 heavy (non-hydrogen) atoms. The van der Waals surface area contributed by atoms with E-state index in [1.165, 1.54) is 12.1 Å². The van der Waals surface area contributed by atoms with Gasteiger partial charge in [-0.15, -0.1) is 12.4 Å². The van der Waals surface area contributed by atoms with Crippen LogP contribution in [0, 0.1) is 5.41 Å². The molecule has 1 atom stereocenters. The van der Waals surface area contributed by atoms with Gasteiger partial charge in [0.2, 0.25) is 0 Å². The van der Waals surface area contributed by atoms with Crippen LogP contribution >= 0.6 is 28.3 Å². The van der Waals surface area contributed by atoms with E-state index < -0.39 is 17.4 Å². The Balaban J connectivity index is 0.00000324. The Morgan fingerprint density at radius 3 is 2.42 bits per heavy atom. The average Bonchev–Trinajstić information content (AvgIpc) is 2.31. The summed E-state index contributed by atoms with van der Waals surface area (Å²) in [4.78, 5) is 11.0. The first-order valence-electron chi connectivity index (χ1n) is 5.33. The number of carboxylic acid groups (broad SMARTS) is 1. The molecule has 1 rings (SSSR count). The van der Waals surface area contributed by atoms with Crippen LogP contribution in [0.3, 0.4) is 0 Å². The van der Waals surface area contributed by atoms with E-state index >= 15 is 0 Å². The molecule has 5 N–H and O–H groups in total. The Morgan fingerprint density at radius 2 is 2.00 bits per heavy atom. The smallest absolute Gasteiger partial charge is 0.335 e. The maximum atomic E-state index is 11.0. The van der Waals surface area contributed by atoms with E-state index in [-0.39, 0.29) is 34.8 Å². The lowest BCUT2D eigenvalue weighted by Gasteiger charge is -2.30. The van der Waals surface area contributed by atoms with Crippen LogP contribution in [0.15, 0.2) is 16.6 Å². The van der Waals surface area contributed by atoms with Gasteiger partial charge >= 0.3 is 5.97 Å². The Morgan fingerprint density at radius 1 is 1.47 bits per heavy atom. The molecule has 0 aliphatic carbocycles. The van der Waals surface area contributed by atoms with Gasteiger partial charge in [-0.2, -0.15) is 0 Å².